The Labute approximate surface area is 218 Å². The maximum atomic E-state index is 12.5. The van der Waals surface area contributed by atoms with Crippen molar-refractivity contribution in [3.63, 3.8) is 0 Å². The molecule has 3 aromatic rings. The topological polar surface area (TPSA) is 64.7 Å². The van der Waals surface area contributed by atoms with Gasteiger partial charge in [0.15, 0.2) is 5.11 Å². The van der Waals surface area contributed by atoms with Crippen LogP contribution in [-0.2, 0) is 4.79 Å². The van der Waals surface area contributed by atoms with Crippen LogP contribution in [0.3, 0.4) is 0 Å². The summed E-state index contributed by atoms with van der Waals surface area (Å²) in [5, 5.41) is 5.97. The lowest BCUT2D eigenvalue weighted by atomic mass is 10.2. The van der Waals surface area contributed by atoms with E-state index in [0.717, 1.165) is 34.5 Å². The van der Waals surface area contributed by atoms with E-state index >= 15 is 0 Å². The van der Waals surface area contributed by atoms with Crippen molar-refractivity contribution >= 4 is 62.5 Å². The average molecular weight is 549 g/mol. The fraction of sp³-hybridized carbons (Fsp3) is 0.148. The Bertz CT molecular complexity index is 1220. The number of amides is 2. The fourth-order valence-corrected chi connectivity index (χ4v) is 4.35. The molecule has 3 aromatic carbocycles. The van der Waals surface area contributed by atoms with Crippen LogP contribution in [0.5, 0.6) is 0 Å². The molecule has 4 rings (SSSR count). The quantitative estimate of drug-likeness (QED) is 0.349. The van der Waals surface area contributed by atoms with Crippen molar-refractivity contribution in [3.8, 4) is 0 Å². The molecule has 35 heavy (non-hydrogen) atoms. The third-order valence-electron chi connectivity index (χ3n) is 5.61. The molecule has 1 aliphatic heterocycles. The van der Waals surface area contributed by atoms with Gasteiger partial charge in [0.2, 0.25) is 5.91 Å². The minimum Gasteiger partial charge on any atom is -0.368 e. The number of carbonyl (C=O) groups excluding carboxylic acids is 2. The van der Waals surface area contributed by atoms with Crippen LogP contribution in [0.2, 0.25) is 0 Å². The van der Waals surface area contributed by atoms with E-state index in [2.05, 4.69) is 31.5 Å². The molecule has 8 heteroatoms. The molecule has 0 unspecified atom stereocenters. The highest BCUT2D eigenvalue weighted by Gasteiger charge is 2.20. The van der Waals surface area contributed by atoms with Gasteiger partial charge in [-0.05, 0) is 66.3 Å². The Morgan fingerprint density at radius 3 is 2.29 bits per heavy atom. The zero-order chi connectivity index (χ0) is 24.6. The lowest BCUT2D eigenvalue weighted by molar-refractivity contribution is -0.126. The third-order valence-corrected chi connectivity index (χ3v) is 6.31. The van der Waals surface area contributed by atoms with E-state index in [-0.39, 0.29) is 16.9 Å². The Hall–Kier alpha value is -3.49. The number of hydrogen-bond donors (Lipinski definition) is 2. The molecular weight excluding hydrogens is 524 g/mol. The highest BCUT2D eigenvalue weighted by molar-refractivity contribution is 9.10. The number of anilines is 2. The first kappa shape index (κ1) is 24.6. The van der Waals surface area contributed by atoms with E-state index < -0.39 is 0 Å². The van der Waals surface area contributed by atoms with E-state index in [0.29, 0.717) is 18.7 Å². The lowest BCUT2D eigenvalue weighted by Gasteiger charge is -2.35. The molecule has 178 valence electrons. The summed E-state index contributed by atoms with van der Waals surface area (Å²) in [6.07, 6.45) is 3.50. The molecule has 1 fully saturated rings. The minimum atomic E-state index is -0.272. The van der Waals surface area contributed by atoms with Gasteiger partial charge in [-0.1, -0.05) is 52.3 Å². The van der Waals surface area contributed by atoms with Crippen LogP contribution in [0.25, 0.3) is 6.08 Å². The van der Waals surface area contributed by atoms with Crippen molar-refractivity contribution < 1.29 is 9.59 Å². The van der Waals surface area contributed by atoms with Crippen molar-refractivity contribution in [2.24, 2.45) is 0 Å². The standard InChI is InChI=1S/C27H25BrN4O2S/c28-22-8-4-7-21(19-22)26(34)30-27(35)29-23-10-12-24(13-11-23)31-15-17-32(18-16-31)25(33)14-9-20-5-2-1-3-6-20/h1-14,19H,15-18H2,(H2,29,30,34,35)/b14-9+. The van der Waals surface area contributed by atoms with E-state index in [4.69, 9.17) is 12.2 Å². The molecule has 0 bridgehead atoms. The summed E-state index contributed by atoms with van der Waals surface area (Å²) < 4.78 is 0.827. The highest BCUT2D eigenvalue weighted by Crippen LogP contribution is 2.20. The third kappa shape index (κ3) is 7.00. The maximum Gasteiger partial charge on any atom is 0.257 e. The normalized spacial score (nSPS) is 13.5. The number of thiocarbonyl (C=S) groups is 1. The van der Waals surface area contributed by atoms with Gasteiger partial charge in [-0.2, -0.15) is 0 Å². The molecule has 2 N–H and O–H groups in total. The largest absolute Gasteiger partial charge is 0.368 e. The smallest absolute Gasteiger partial charge is 0.257 e. The summed E-state index contributed by atoms with van der Waals surface area (Å²) in [7, 11) is 0. The van der Waals surface area contributed by atoms with Crippen LogP contribution < -0.4 is 15.5 Å². The van der Waals surface area contributed by atoms with Crippen molar-refractivity contribution in [3.05, 3.63) is 101 Å². The van der Waals surface area contributed by atoms with Crippen LogP contribution in [-0.4, -0.2) is 48.0 Å². The Balaban J connectivity index is 1.25. The van der Waals surface area contributed by atoms with Crippen LogP contribution in [0.15, 0.2) is 89.4 Å². The molecule has 0 radical (unpaired) electrons. The van der Waals surface area contributed by atoms with Crippen LogP contribution in [0.4, 0.5) is 11.4 Å². The first-order valence-corrected chi connectivity index (χ1v) is 12.4. The second kappa shape index (κ2) is 11.8. The van der Waals surface area contributed by atoms with E-state index in [1.165, 1.54) is 0 Å². The second-order valence-electron chi connectivity index (χ2n) is 8.02. The predicted octanol–water partition coefficient (Wildman–Crippen LogP) is 4.94. The van der Waals surface area contributed by atoms with Crippen molar-refractivity contribution in [1.82, 2.24) is 10.2 Å². The van der Waals surface area contributed by atoms with Crippen LogP contribution >= 0.6 is 28.1 Å². The predicted molar refractivity (Wildman–Crippen MR) is 149 cm³/mol. The van der Waals surface area contributed by atoms with E-state index in [9.17, 15) is 9.59 Å². The number of nitrogens with zero attached hydrogens (tertiary/aromatic N) is 2. The number of piperazine rings is 1. The first-order chi connectivity index (χ1) is 17.0. The lowest BCUT2D eigenvalue weighted by Crippen LogP contribution is -2.48. The van der Waals surface area contributed by atoms with Gasteiger partial charge in [0.1, 0.15) is 0 Å². The van der Waals surface area contributed by atoms with Gasteiger partial charge >= 0.3 is 0 Å². The summed E-state index contributed by atoms with van der Waals surface area (Å²) in [5.41, 5.74) is 3.40. The van der Waals surface area contributed by atoms with Gasteiger partial charge < -0.3 is 15.1 Å². The Kier molecular flexibility index (Phi) is 8.28. The van der Waals surface area contributed by atoms with Crippen molar-refractivity contribution in [2.45, 2.75) is 0 Å². The first-order valence-electron chi connectivity index (χ1n) is 11.2. The number of carbonyl (C=O) groups is 2. The van der Waals surface area contributed by atoms with Crippen molar-refractivity contribution in [1.29, 1.82) is 0 Å². The molecule has 1 saturated heterocycles. The van der Waals surface area contributed by atoms with Crippen LogP contribution in [0.1, 0.15) is 15.9 Å². The van der Waals surface area contributed by atoms with Gasteiger partial charge in [-0.3, -0.25) is 14.9 Å². The average Bonchev–Trinajstić information content (AvgIpc) is 2.88. The van der Waals surface area contributed by atoms with Crippen molar-refractivity contribution in [2.75, 3.05) is 36.4 Å². The summed E-state index contributed by atoms with van der Waals surface area (Å²) in [4.78, 5) is 29.0. The number of rotatable bonds is 5. The zero-order valence-corrected chi connectivity index (χ0v) is 21.4. The van der Waals surface area contributed by atoms with Gasteiger partial charge in [-0.15, -0.1) is 0 Å². The van der Waals surface area contributed by atoms with Crippen LogP contribution in [0, 0.1) is 0 Å². The van der Waals surface area contributed by atoms with Gasteiger partial charge in [0, 0.05) is 53.7 Å². The monoisotopic (exact) mass is 548 g/mol. The second-order valence-corrected chi connectivity index (χ2v) is 9.35. The molecular formula is C27H25BrN4O2S. The number of hydrogen-bond acceptors (Lipinski definition) is 4. The molecule has 0 saturated carbocycles. The number of halogens is 1. The molecule has 2 amide bonds. The van der Waals surface area contributed by atoms with Gasteiger partial charge in [-0.25, -0.2) is 0 Å². The Morgan fingerprint density at radius 2 is 1.60 bits per heavy atom. The van der Waals surface area contributed by atoms with Gasteiger partial charge in [0.25, 0.3) is 5.91 Å². The molecule has 0 aliphatic carbocycles. The zero-order valence-electron chi connectivity index (χ0n) is 19.0. The summed E-state index contributed by atoms with van der Waals surface area (Å²) in [6, 6.07) is 24.8. The molecule has 1 aliphatic rings. The summed E-state index contributed by atoms with van der Waals surface area (Å²) in [6.45, 7) is 2.87. The number of benzene rings is 3. The highest BCUT2D eigenvalue weighted by atomic mass is 79.9. The summed E-state index contributed by atoms with van der Waals surface area (Å²) >= 11 is 8.65. The van der Waals surface area contributed by atoms with E-state index in [1.807, 2.05) is 71.6 Å². The maximum absolute atomic E-state index is 12.5. The fourth-order valence-electron chi connectivity index (χ4n) is 3.75. The molecule has 0 atom stereocenters. The summed E-state index contributed by atoms with van der Waals surface area (Å²) in [5.74, 6) is -0.238. The SMILES string of the molecule is O=C(NC(=S)Nc1ccc(N2CCN(C(=O)/C=C/c3ccccc3)CC2)cc1)c1cccc(Br)c1. The Morgan fingerprint density at radius 1 is 0.886 bits per heavy atom. The molecule has 6 nitrogen and oxygen atoms in total. The minimum absolute atomic E-state index is 0.0338. The molecule has 1 heterocycles. The van der Waals surface area contributed by atoms with Gasteiger partial charge in [0.05, 0.1) is 0 Å². The van der Waals surface area contributed by atoms with E-state index in [1.54, 1.807) is 24.3 Å². The molecule has 0 spiro atoms. The number of nitrogens with one attached hydrogen (secondary N) is 2. The molecule has 0 aromatic heterocycles.